The van der Waals surface area contributed by atoms with Gasteiger partial charge in [0.2, 0.25) is 0 Å². The second-order valence-electron chi connectivity index (χ2n) is 1.57. The molecule has 0 N–H and O–H groups in total. The summed E-state index contributed by atoms with van der Waals surface area (Å²) in [6.45, 7) is -0.167. The number of carbonyl (C=O) groups is 1. The van der Waals surface area contributed by atoms with Crippen LogP contribution >= 0.6 is 0 Å². The molecule has 48 valence electrons. The molecule has 0 spiro atoms. The van der Waals surface area contributed by atoms with Crippen molar-refractivity contribution in [1.82, 2.24) is 5.32 Å². The largest absolute Gasteiger partial charge is 0.292 e. The number of hydrogen-bond acceptors (Lipinski definition) is 1. The van der Waals surface area contributed by atoms with Crippen molar-refractivity contribution < 1.29 is 13.6 Å². The minimum atomic E-state index is -2.72. The van der Waals surface area contributed by atoms with Crippen LogP contribution in [0.15, 0.2) is 5.57 Å². The van der Waals surface area contributed by atoms with Crippen LogP contribution in [0.5, 0.6) is 0 Å². The minimum absolute atomic E-state index is 0.167. The summed E-state index contributed by atoms with van der Waals surface area (Å²) < 4.78 is 23.2. The number of halogens is 2. The molecule has 0 unspecified atom stereocenters. The summed E-state index contributed by atoms with van der Waals surface area (Å²) in [7, 11) is 0. The Bertz CT molecular complexity index is 164. The second-order valence-corrected chi connectivity index (χ2v) is 1.57. The Morgan fingerprint density at radius 3 is 2.56 bits per heavy atom. The molecule has 9 heavy (non-hydrogen) atoms. The van der Waals surface area contributed by atoms with Crippen LogP contribution in [0.2, 0.25) is 0 Å². The van der Waals surface area contributed by atoms with Crippen molar-refractivity contribution in [3.05, 3.63) is 11.8 Å². The Morgan fingerprint density at radius 2 is 2.33 bits per heavy atom. The molecule has 0 fully saturated rings. The second kappa shape index (κ2) is 2.13. The van der Waals surface area contributed by atoms with Gasteiger partial charge in [-0.15, -0.1) is 0 Å². The molecule has 1 heterocycles. The maximum absolute atomic E-state index is 11.6. The lowest BCUT2D eigenvalue weighted by Gasteiger charge is -1.91. The summed E-state index contributed by atoms with van der Waals surface area (Å²) in [5.74, 6) is -0.620. The van der Waals surface area contributed by atoms with Gasteiger partial charge in [-0.2, -0.15) is 0 Å². The molecule has 1 rings (SSSR count). The summed E-state index contributed by atoms with van der Waals surface area (Å²) in [5.41, 5.74) is -0.588. The molecular weight excluding hydrogens is 128 g/mol. The standard InChI is InChI=1S/C5H3F2NO/c6-5(7)3-1-8-2-4(3)9/h5H,2H2. The van der Waals surface area contributed by atoms with E-state index in [9.17, 15) is 13.6 Å². The number of nitrogens with zero attached hydrogens (tertiary/aromatic N) is 1. The molecule has 0 aromatic rings. The van der Waals surface area contributed by atoms with E-state index in [2.05, 4.69) is 5.32 Å². The van der Waals surface area contributed by atoms with Crippen molar-refractivity contribution >= 4 is 5.78 Å². The molecule has 0 saturated heterocycles. The summed E-state index contributed by atoms with van der Waals surface area (Å²) >= 11 is 0. The average molecular weight is 131 g/mol. The summed E-state index contributed by atoms with van der Waals surface area (Å²) in [6, 6.07) is 0. The Kier molecular flexibility index (Phi) is 1.46. The fourth-order valence-corrected chi connectivity index (χ4v) is 0.515. The zero-order chi connectivity index (χ0) is 6.85. The van der Waals surface area contributed by atoms with Gasteiger partial charge in [0.25, 0.3) is 6.43 Å². The molecule has 0 aliphatic carbocycles. The van der Waals surface area contributed by atoms with E-state index in [1.54, 1.807) is 0 Å². The van der Waals surface area contributed by atoms with Crippen molar-refractivity contribution in [2.75, 3.05) is 6.54 Å². The summed E-state index contributed by atoms with van der Waals surface area (Å²) in [6.07, 6.45) is -0.771. The van der Waals surface area contributed by atoms with Crippen LogP contribution in [-0.4, -0.2) is 18.8 Å². The van der Waals surface area contributed by atoms with Crippen molar-refractivity contribution in [2.45, 2.75) is 6.43 Å². The van der Waals surface area contributed by atoms with Crippen molar-refractivity contribution in [3.8, 4) is 0 Å². The van der Waals surface area contributed by atoms with Crippen LogP contribution < -0.4 is 5.32 Å². The van der Waals surface area contributed by atoms with Gasteiger partial charge >= 0.3 is 0 Å². The van der Waals surface area contributed by atoms with E-state index < -0.39 is 17.8 Å². The van der Waals surface area contributed by atoms with Gasteiger partial charge in [-0.25, -0.2) is 8.78 Å². The average Bonchev–Trinajstić information content (AvgIpc) is 2.13. The minimum Gasteiger partial charge on any atom is -0.292 e. The van der Waals surface area contributed by atoms with Crippen LogP contribution in [0.1, 0.15) is 0 Å². The van der Waals surface area contributed by atoms with Gasteiger partial charge in [-0.1, -0.05) is 0 Å². The quantitative estimate of drug-likeness (QED) is 0.497. The van der Waals surface area contributed by atoms with Gasteiger partial charge in [0.1, 0.15) is 6.54 Å². The molecule has 2 nitrogen and oxygen atoms in total. The molecule has 0 aromatic heterocycles. The van der Waals surface area contributed by atoms with E-state index in [0.717, 1.165) is 0 Å². The van der Waals surface area contributed by atoms with E-state index in [1.807, 2.05) is 6.20 Å². The normalized spacial score (nSPS) is 18.1. The number of alkyl halides is 2. The van der Waals surface area contributed by atoms with E-state index in [-0.39, 0.29) is 6.54 Å². The molecule has 2 radical (unpaired) electrons. The van der Waals surface area contributed by atoms with Crippen molar-refractivity contribution in [3.63, 3.8) is 0 Å². The first-order valence-corrected chi connectivity index (χ1v) is 2.32. The Hall–Kier alpha value is -0.930. The van der Waals surface area contributed by atoms with Crippen LogP contribution in [0.25, 0.3) is 0 Å². The molecule has 1 aliphatic rings. The first kappa shape index (κ1) is 6.19. The molecule has 0 bridgehead atoms. The Labute approximate surface area is 50.5 Å². The van der Waals surface area contributed by atoms with E-state index in [1.165, 1.54) is 0 Å². The molecule has 4 heteroatoms. The SMILES string of the molecule is O=C1C[N][C]=C1C(F)F. The van der Waals surface area contributed by atoms with Gasteiger partial charge in [0, 0.05) is 0 Å². The highest BCUT2D eigenvalue weighted by Gasteiger charge is 2.24. The van der Waals surface area contributed by atoms with Gasteiger partial charge < -0.3 is 0 Å². The van der Waals surface area contributed by atoms with Crippen LogP contribution in [0.4, 0.5) is 8.78 Å². The highest BCUT2D eigenvalue weighted by atomic mass is 19.3. The van der Waals surface area contributed by atoms with Gasteiger partial charge in [0.05, 0.1) is 11.8 Å². The van der Waals surface area contributed by atoms with Crippen LogP contribution in [-0.2, 0) is 4.79 Å². The summed E-state index contributed by atoms with van der Waals surface area (Å²) in [5, 5.41) is 3.25. The lowest BCUT2D eigenvalue weighted by Crippen LogP contribution is -2.09. The third kappa shape index (κ3) is 1.06. The number of ketones is 1. The highest BCUT2D eigenvalue weighted by Crippen LogP contribution is 2.11. The maximum atomic E-state index is 11.6. The van der Waals surface area contributed by atoms with Gasteiger partial charge in [0.15, 0.2) is 5.78 Å². The van der Waals surface area contributed by atoms with Gasteiger partial charge in [-0.05, 0) is 0 Å². The fourth-order valence-electron chi connectivity index (χ4n) is 0.515. The monoisotopic (exact) mass is 131 g/mol. The van der Waals surface area contributed by atoms with Crippen molar-refractivity contribution in [2.24, 2.45) is 0 Å². The number of carbonyl (C=O) groups excluding carboxylic acids is 1. The first-order chi connectivity index (χ1) is 4.22. The zero-order valence-corrected chi connectivity index (χ0v) is 4.40. The maximum Gasteiger partial charge on any atom is 0.269 e. The predicted molar refractivity (Wildman–Crippen MR) is 24.8 cm³/mol. The topological polar surface area (TPSA) is 31.2 Å². The third-order valence-electron chi connectivity index (χ3n) is 0.941. The highest BCUT2D eigenvalue weighted by molar-refractivity contribution is 5.98. The molecule has 0 amide bonds. The van der Waals surface area contributed by atoms with Crippen LogP contribution in [0.3, 0.4) is 0 Å². The smallest absolute Gasteiger partial charge is 0.269 e. The number of rotatable bonds is 1. The Balaban J connectivity index is 2.68. The molecular formula is C5H3F2NO. The fraction of sp³-hybridized carbons (Fsp3) is 0.400. The first-order valence-electron chi connectivity index (χ1n) is 2.32. The molecule has 0 aromatic carbocycles. The Morgan fingerprint density at radius 1 is 1.67 bits per heavy atom. The van der Waals surface area contributed by atoms with Crippen LogP contribution in [0, 0.1) is 6.20 Å². The molecule has 0 atom stereocenters. The van der Waals surface area contributed by atoms with E-state index >= 15 is 0 Å². The third-order valence-corrected chi connectivity index (χ3v) is 0.941. The zero-order valence-electron chi connectivity index (χ0n) is 4.40. The molecule has 0 saturated carbocycles. The predicted octanol–water partition coefficient (Wildman–Crippen LogP) is 0.126. The van der Waals surface area contributed by atoms with Crippen molar-refractivity contribution in [1.29, 1.82) is 0 Å². The lowest BCUT2D eigenvalue weighted by atomic mass is 10.2. The lowest BCUT2D eigenvalue weighted by molar-refractivity contribution is -0.115. The summed E-state index contributed by atoms with van der Waals surface area (Å²) in [4.78, 5) is 10.3. The molecule has 1 aliphatic heterocycles. The van der Waals surface area contributed by atoms with E-state index in [0.29, 0.717) is 0 Å². The number of hydrogen-bond donors (Lipinski definition) is 0. The number of Topliss-reactive ketones (excluding diaryl/α,β-unsaturated/α-hetero) is 1. The van der Waals surface area contributed by atoms with Gasteiger partial charge in [-0.3, -0.25) is 10.1 Å². The van der Waals surface area contributed by atoms with E-state index in [4.69, 9.17) is 0 Å².